The monoisotopic (exact) mass is 1960 g/mol. The average molecular weight is 1960 g/mol. The number of carbonyl (C=O) groups is 6. The van der Waals surface area contributed by atoms with E-state index in [1.165, 1.54) is 24.0 Å². The summed E-state index contributed by atoms with van der Waals surface area (Å²) >= 11 is 0. The van der Waals surface area contributed by atoms with E-state index in [9.17, 15) is 28.8 Å². The van der Waals surface area contributed by atoms with Crippen LogP contribution in [-0.4, -0.2) is 262 Å². The Morgan fingerprint density at radius 2 is 0.421 bits per heavy atom. The quantitative estimate of drug-likeness (QED) is 0.0155. The molecule has 0 fully saturated rings. The lowest BCUT2D eigenvalue weighted by Crippen LogP contribution is -2.51. The third-order valence-electron chi connectivity index (χ3n) is 29.6. The van der Waals surface area contributed by atoms with Gasteiger partial charge in [-0.1, -0.05) is 289 Å². The van der Waals surface area contributed by atoms with Crippen molar-refractivity contribution in [1.29, 1.82) is 0 Å². The van der Waals surface area contributed by atoms with Gasteiger partial charge in [0.1, 0.15) is 78.9 Å². The molecule has 14 aromatic rings. The number of fused-ring (bicyclic) bond motifs is 10. The Labute approximate surface area is 863 Å². The molecule has 0 aliphatic heterocycles. The molecule has 1 unspecified atom stereocenters. The predicted octanol–water partition coefficient (Wildman–Crippen LogP) is 25.8. The SMILES string of the molecule is CCCC[N+](CC)(CCC)CCOC(=O)c1c2ccccc2cc2ccccc12.CCC[N+](CC)(CCC)CCOC(=O)c1c2ccccc2cc2ccccc12.CC[N+](CC)(CC)CCOC(=O)C1=CCc2ccccc21.CC[N+](CC)(CC)CCOC(=O)c1c2ccccc2cc2ccccc12.C[N+](C)(C)CCOC(=O)C1=CCc2ccccc21.C[N+](C)(C)CCOC(=O)c1c2ccccc2cc2ccccc12. The number of allylic oxidation sites excluding steroid dienone is 2. The van der Waals surface area contributed by atoms with E-state index in [1.54, 1.807) is 0 Å². The molecule has 16 rings (SSSR count). The van der Waals surface area contributed by atoms with Gasteiger partial charge in [-0.25, -0.2) is 28.8 Å². The van der Waals surface area contributed by atoms with Crippen molar-refractivity contribution < 1.29 is 84.1 Å². The van der Waals surface area contributed by atoms with E-state index in [4.69, 9.17) is 28.4 Å². The van der Waals surface area contributed by atoms with Crippen molar-refractivity contribution in [3.63, 3.8) is 0 Å². The Kier molecular flexibility index (Phi) is 42.2. The first-order valence-corrected chi connectivity index (χ1v) is 53.2. The van der Waals surface area contributed by atoms with Crippen molar-refractivity contribution in [2.45, 2.75) is 128 Å². The highest BCUT2D eigenvalue weighted by Gasteiger charge is 2.32. The minimum absolute atomic E-state index is 0.179. The van der Waals surface area contributed by atoms with E-state index >= 15 is 0 Å². The number of esters is 6. The van der Waals surface area contributed by atoms with Crippen LogP contribution in [0.3, 0.4) is 0 Å². The molecule has 0 amide bonds. The van der Waals surface area contributed by atoms with Crippen LogP contribution in [0.5, 0.6) is 0 Å². The van der Waals surface area contributed by atoms with E-state index in [1.807, 2.05) is 218 Å². The molecule has 0 radical (unpaired) electrons. The minimum Gasteiger partial charge on any atom is -0.456 e. The first-order chi connectivity index (χ1) is 70.0. The smallest absolute Gasteiger partial charge is 0.339 e. The molecule has 0 bridgehead atoms. The highest BCUT2D eigenvalue weighted by atomic mass is 16.6. The van der Waals surface area contributed by atoms with Crippen LogP contribution in [0.2, 0.25) is 0 Å². The lowest BCUT2D eigenvalue weighted by molar-refractivity contribution is -0.926. The maximum absolute atomic E-state index is 13.2. The standard InChI is InChI=1S/C26H34NO2.C25H32NO2.C23H28NO2.C20H22NO2.C18H26NO2.C15H20NO2/c1-4-7-17-27(6-3,16-5-2)18-19-29-26(28)25-23-14-10-8-12-21(23)20-22-13-9-11-15-24(22)25;1-4-15-26(6-3,16-5-2)17-18-28-25(27)24-22-13-9-7-11-20(22)19-21-12-8-10-14-23(21)24;1-4-24(5-2,6-3)15-16-26-23(25)22-20-13-9-7-11-18(20)17-19-12-8-10-14-21(19)22;1-21(2,3)12-13-23-20(22)19-17-10-6-4-8-15(17)14-16-9-5-7-11-18(16)19;1-4-19(5-2,6-3)13-14-21-18(20)17-12-11-15-9-7-8-10-16(15)17;1-16(2,3)10-11-18-15(17)14-9-8-12-6-4-5-7-13(12)14/h8-15,20H,4-7,16-19H2,1-3H3;7-14,19H,4-6,15-18H2,1-3H3;7-14,17H,4-6,15-16H2,1-3H3;4-11,14H,12-13H2,1-3H3;7-10,12H,4-6,11,13-14H2,1-3H3;4-7,9H,8,10-11H2,1-3H3/q6*+1. The van der Waals surface area contributed by atoms with Crippen molar-refractivity contribution in [2.24, 2.45) is 0 Å². The number of ether oxygens (including phenoxy) is 6. The fourth-order valence-electron chi connectivity index (χ4n) is 20.3. The maximum Gasteiger partial charge on any atom is 0.339 e. The first-order valence-electron chi connectivity index (χ1n) is 53.2. The normalized spacial score (nSPS) is 12.7. The zero-order valence-electron chi connectivity index (χ0n) is 90.1. The van der Waals surface area contributed by atoms with Gasteiger partial charge in [-0.3, -0.25) is 0 Å². The summed E-state index contributed by atoms with van der Waals surface area (Å²) in [6, 6.07) is 88.8. The average Bonchev–Trinajstić information content (AvgIpc) is 1.59. The number of rotatable bonds is 41. The Bertz CT molecular complexity index is 6520. The summed E-state index contributed by atoms with van der Waals surface area (Å²) in [6.07, 6.45) is 11.5. The summed E-state index contributed by atoms with van der Waals surface area (Å²) in [7, 11) is 12.5. The summed E-state index contributed by atoms with van der Waals surface area (Å²) in [6.45, 7) is 47.7. The molecule has 0 aromatic heterocycles. The topological polar surface area (TPSA) is 158 Å². The zero-order valence-corrected chi connectivity index (χ0v) is 90.1. The van der Waals surface area contributed by atoms with Gasteiger partial charge in [-0.05, 0) is 227 Å². The molecule has 0 spiro atoms. The van der Waals surface area contributed by atoms with E-state index in [0.717, 1.165) is 280 Å². The van der Waals surface area contributed by atoms with Crippen LogP contribution in [0, 0.1) is 0 Å². The summed E-state index contributed by atoms with van der Waals surface area (Å²) in [5, 5.41) is 16.2. The molecular weight excluding hydrogens is 1800 g/mol. The highest BCUT2D eigenvalue weighted by molar-refractivity contribution is 6.21. The maximum atomic E-state index is 13.2. The van der Waals surface area contributed by atoms with E-state index in [-0.39, 0.29) is 35.8 Å². The van der Waals surface area contributed by atoms with Crippen LogP contribution in [0.15, 0.2) is 279 Å². The molecule has 0 N–H and O–H groups in total. The largest absolute Gasteiger partial charge is 0.456 e. The fourth-order valence-corrected chi connectivity index (χ4v) is 20.3. The number of likely N-dealkylation sites (N-methyl/N-ethyl adjacent to an activating group) is 6. The fraction of sp³-hybridized carbons (Fsp3) is 0.386. The van der Waals surface area contributed by atoms with Crippen LogP contribution in [0.1, 0.15) is 179 Å². The Balaban J connectivity index is 0.000000167. The highest BCUT2D eigenvalue weighted by Crippen LogP contribution is 2.36. The van der Waals surface area contributed by atoms with Gasteiger partial charge in [-0.2, -0.15) is 0 Å². The van der Waals surface area contributed by atoms with Crippen molar-refractivity contribution in [3.8, 4) is 0 Å². The minimum atomic E-state index is -0.244. The number of nitrogens with zero attached hydrogens (tertiary/aromatic N) is 6. The number of unbranched alkanes of at least 4 members (excludes halogenated alkanes) is 1. The third kappa shape index (κ3) is 30.0. The molecule has 14 aromatic carbocycles. The van der Waals surface area contributed by atoms with Crippen molar-refractivity contribution in [2.75, 3.05) is 200 Å². The second-order valence-electron chi connectivity index (χ2n) is 40.6. The molecule has 0 saturated carbocycles. The summed E-state index contributed by atoms with van der Waals surface area (Å²) in [5.41, 5.74) is 8.65. The third-order valence-corrected chi connectivity index (χ3v) is 29.6. The van der Waals surface area contributed by atoms with Crippen molar-refractivity contribution >= 4 is 133 Å². The van der Waals surface area contributed by atoms with Gasteiger partial charge in [0.05, 0.1) is 154 Å². The van der Waals surface area contributed by atoms with E-state index in [2.05, 4.69) is 186 Å². The molecule has 0 heterocycles. The van der Waals surface area contributed by atoms with Crippen LogP contribution in [0.4, 0.5) is 0 Å². The van der Waals surface area contributed by atoms with Gasteiger partial charge in [0, 0.05) is 0 Å². The van der Waals surface area contributed by atoms with Crippen LogP contribution in [-0.2, 0) is 50.9 Å². The molecule has 18 heteroatoms. The van der Waals surface area contributed by atoms with Gasteiger partial charge in [0.2, 0.25) is 0 Å². The van der Waals surface area contributed by atoms with Gasteiger partial charge in [0.25, 0.3) is 0 Å². The lowest BCUT2D eigenvalue weighted by Gasteiger charge is -2.37. The van der Waals surface area contributed by atoms with Crippen LogP contribution < -0.4 is 0 Å². The van der Waals surface area contributed by atoms with E-state index < -0.39 is 0 Å². The Hall–Kier alpha value is -12.8. The number of hydrogen-bond acceptors (Lipinski definition) is 12. The van der Waals surface area contributed by atoms with Gasteiger partial charge in [0.15, 0.2) is 0 Å². The molecule has 18 nitrogen and oxygen atoms in total. The molecule has 0 saturated heterocycles. The Morgan fingerprint density at radius 1 is 0.221 bits per heavy atom. The summed E-state index contributed by atoms with van der Waals surface area (Å²) in [5.74, 6) is -1.27. The van der Waals surface area contributed by atoms with Gasteiger partial charge in [-0.15, -0.1) is 0 Å². The zero-order chi connectivity index (χ0) is 104. The number of quaternary nitrogens is 6. The Morgan fingerprint density at radius 3 is 0.641 bits per heavy atom. The lowest BCUT2D eigenvalue weighted by atomic mass is 9.97. The number of hydrogen-bond donors (Lipinski definition) is 0. The van der Waals surface area contributed by atoms with Gasteiger partial charge >= 0.3 is 35.8 Å². The second kappa shape index (κ2) is 54.4. The van der Waals surface area contributed by atoms with Crippen molar-refractivity contribution in [1.82, 2.24) is 0 Å². The molecule has 2 aliphatic rings. The van der Waals surface area contributed by atoms with Gasteiger partial charge < -0.3 is 55.3 Å². The molecule has 766 valence electrons. The summed E-state index contributed by atoms with van der Waals surface area (Å²) in [4.78, 5) is 76.3. The summed E-state index contributed by atoms with van der Waals surface area (Å²) < 4.78 is 39.5. The van der Waals surface area contributed by atoms with Crippen LogP contribution in [0.25, 0.3) is 97.3 Å². The molecule has 2 aliphatic carbocycles. The first kappa shape index (κ1) is 113. The second-order valence-corrected chi connectivity index (χ2v) is 40.6. The van der Waals surface area contributed by atoms with E-state index in [0.29, 0.717) is 67.5 Å². The predicted molar refractivity (Wildman–Crippen MR) is 601 cm³/mol. The number of carbonyl (C=O) groups excluding carboxylic acids is 6. The van der Waals surface area contributed by atoms with Crippen LogP contribution >= 0.6 is 0 Å². The molecular formula is C127H162N6O12+6. The van der Waals surface area contributed by atoms with Crippen molar-refractivity contribution in [3.05, 3.63) is 324 Å². The number of benzene rings is 14. The molecule has 1 atom stereocenters. The molecule has 145 heavy (non-hydrogen) atoms.